The predicted octanol–water partition coefficient (Wildman–Crippen LogP) is 0.380. The van der Waals surface area contributed by atoms with E-state index in [4.69, 9.17) is 0 Å². The standard InChI is InChI=1S/C10H10N6O3/c1-15(10(17)9-11-13-14-12-9)6-7-3-2-4-8(5-7)16(18)19/h2-5H,6H2,1H3,(H,11,12,13,14). The summed E-state index contributed by atoms with van der Waals surface area (Å²) in [5.41, 5.74) is 0.631. The smallest absolute Gasteiger partial charge is 0.295 e. The van der Waals surface area contributed by atoms with Gasteiger partial charge in [-0.25, -0.2) is 0 Å². The molecule has 98 valence electrons. The molecule has 2 rings (SSSR count). The van der Waals surface area contributed by atoms with Crippen molar-refractivity contribution in [3.05, 3.63) is 45.8 Å². The van der Waals surface area contributed by atoms with Crippen LogP contribution in [0.5, 0.6) is 0 Å². The van der Waals surface area contributed by atoms with Gasteiger partial charge in [0.05, 0.1) is 4.92 Å². The molecular weight excluding hydrogens is 252 g/mol. The Morgan fingerprint density at radius 3 is 2.95 bits per heavy atom. The lowest BCUT2D eigenvalue weighted by Gasteiger charge is -2.14. The molecule has 1 aromatic heterocycles. The summed E-state index contributed by atoms with van der Waals surface area (Å²) in [7, 11) is 1.55. The second kappa shape index (κ2) is 5.21. The Hall–Kier alpha value is -2.84. The molecule has 0 aliphatic carbocycles. The first-order chi connectivity index (χ1) is 9.08. The third-order valence-corrected chi connectivity index (χ3v) is 2.42. The molecule has 0 radical (unpaired) electrons. The van der Waals surface area contributed by atoms with Crippen LogP contribution in [0.15, 0.2) is 24.3 Å². The minimum Gasteiger partial charge on any atom is -0.335 e. The van der Waals surface area contributed by atoms with Gasteiger partial charge in [-0.05, 0) is 10.8 Å². The lowest BCUT2D eigenvalue weighted by molar-refractivity contribution is -0.384. The molecule has 9 heteroatoms. The number of aromatic nitrogens is 4. The van der Waals surface area contributed by atoms with E-state index in [0.717, 1.165) is 0 Å². The van der Waals surface area contributed by atoms with Crippen molar-refractivity contribution >= 4 is 11.6 Å². The Bertz CT molecular complexity index is 597. The van der Waals surface area contributed by atoms with E-state index < -0.39 is 10.8 Å². The van der Waals surface area contributed by atoms with Gasteiger partial charge in [0.25, 0.3) is 17.4 Å². The van der Waals surface area contributed by atoms with E-state index >= 15 is 0 Å². The quantitative estimate of drug-likeness (QED) is 0.628. The van der Waals surface area contributed by atoms with Gasteiger partial charge in [-0.15, -0.1) is 10.2 Å². The van der Waals surface area contributed by atoms with Crippen LogP contribution in [0.2, 0.25) is 0 Å². The molecule has 19 heavy (non-hydrogen) atoms. The van der Waals surface area contributed by atoms with E-state index in [2.05, 4.69) is 20.6 Å². The van der Waals surface area contributed by atoms with Crippen LogP contribution in [0, 0.1) is 10.1 Å². The van der Waals surface area contributed by atoms with Gasteiger partial charge < -0.3 is 4.90 Å². The van der Waals surface area contributed by atoms with Crippen molar-refractivity contribution in [2.45, 2.75) is 6.54 Å². The third-order valence-electron chi connectivity index (χ3n) is 2.42. The largest absolute Gasteiger partial charge is 0.335 e. The molecule has 2 aromatic rings. The number of tetrazole rings is 1. The van der Waals surface area contributed by atoms with Crippen molar-refractivity contribution in [1.82, 2.24) is 25.5 Å². The van der Waals surface area contributed by atoms with Crippen LogP contribution in [0.25, 0.3) is 0 Å². The van der Waals surface area contributed by atoms with E-state index in [1.165, 1.54) is 17.0 Å². The molecule has 0 unspecified atom stereocenters. The van der Waals surface area contributed by atoms with E-state index in [1.807, 2.05) is 0 Å². The highest BCUT2D eigenvalue weighted by molar-refractivity contribution is 5.89. The average molecular weight is 262 g/mol. The fourth-order valence-electron chi connectivity index (χ4n) is 1.54. The highest BCUT2D eigenvalue weighted by Crippen LogP contribution is 2.14. The number of hydrogen-bond acceptors (Lipinski definition) is 6. The number of non-ortho nitro benzene ring substituents is 1. The molecule has 0 fully saturated rings. The molecular formula is C10H10N6O3. The van der Waals surface area contributed by atoms with Crippen LogP contribution in [0.4, 0.5) is 5.69 Å². The van der Waals surface area contributed by atoms with Gasteiger partial charge in [0.15, 0.2) is 0 Å². The van der Waals surface area contributed by atoms with Gasteiger partial charge in [-0.3, -0.25) is 14.9 Å². The Morgan fingerprint density at radius 1 is 1.53 bits per heavy atom. The maximum Gasteiger partial charge on any atom is 0.295 e. The number of H-pyrrole nitrogens is 1. The van der Waals surface area contributed by atoms with Crippen LogP contribution >= 0.6 is 0 Å². The summed E-state index contributed by atoms with van der Waals surface area (Å²) in [6.45, 7) is 0.217. The molecule has 9 nitrogen and oxygen atoms in total. The molecule has 0 saturated carbocycles. The summed E-state index contributed by atoms with van der Waals surface area (Å²) in [6, 6.07) is 6.08. The highest BCUT2D eigenvalue weighted by atomic mass is 16.6. The van der Waals surface area contributed by atoms with E-state index in [9.17, 15) is 14.9 Å². The maximum atomic E-state index is 11.8. The molecule has 0 aliphatic heterocycles. The fraction of sp³-hybridized carbons (Fsp3) is 0.200. The number of nitro benzene ring substituents is 1. The number of nitrogens with one attached hydrogen (secondary N) is 1. The lowest BCUT2D eigenvalue weighted by atomic mass is 10.2. The van der Waals surface area contributed by atoms with Crippen LogP contribution in [0.3, 0.4) is 0 Å². The number of nitrogens with zero attached hydrogens (tertiary/aromatic N) is 5. The number of carbonyl (C=O) groups excluding carboxylic acids is 1. The molecule has 1 amide bonds. The van der Waals surface area contributed by atoms with Crippen LogP contribution in [-0.4, -0.2) is 43.4 Å². The van der Waals surface area contributed by atoms with Gasteiger partial charge in [0.2, 0.25) is 0 Å². The summed E-state index contributed by atoms with van der Waals surface area (Å²) in [5, 5.41) is 23.3. The number of carbonyl (C=O) groups is 1. The molecule has 0 aliphatic rings. The zero-order valence-corrected chi connectivity index (χ0v) is 9.98. The Morgan fingerprint density at radius 2 is 2.32 bits per heavy atom. The number of hydrogen-bond donors (Lipinski definition) is 1. The van der Waals surface area contributed by atoms with Crippen molar-refractivity contribution in [2.75, 3.05) is 7.05 Å². The fourth-order valence-corrected chi connectivity index (χ4v) is 1.54. The van der Waals surface area contributed by atoms with E-state index in [-0.39, 0.29) is 18.1 Å². The monoisotopic (exact) mass is 262 g/mol. The summed E-state index contributed by atoms with van der Waals surface area (Å²) >= 11 is 0. The zero-order chi connectivity index (χ0) is 13.8. The molecule has 1 aromatic carbocycles. The first kappa shape index (κ1) is 12.6. The average Bonchev–Trinajstić information content (AvgIpc) is 2.92. The molecule has 0 bridgehead atoms. The first-order valence-corrected chi connectivity index (χ1v) is 5.30. The Balaban J connectivity index is 2.10. The topological polar surface area (TPSA) is 118 Å². The Kier molecular flexibility index (Phi) is 3.46. The molecule has 0 saturated heterocycles. The third kappa shape index (κ3) is 2.89. The summed E-state index contributed by atoms with van der Waals surface area (Å²) in [5.74, 6) is -0.465. The van der Waals surface area contributed by atoms with Gasteiger partial charge >= 0.3 is 0 Å². The summed E-state index contributed by atoms with van der Waals surface area (Å²) in [4.78, 5) is 23.4. The minimum atomic E-state index is -0.482. The molecule has 1 heterocycles. The minimum absolute atomic E-state index is 0.0158. The van der Waals surface area contributed by atoms with Crippen molar-refractivity contribution in [2.24, 2.45) is 0 Å². The van der Waals surface area contributed by atoms with Crippen molar-refractivity contribution in [1.29, 1.82) is 0 Å². The van der Waals surface area contributed by atoms with E-state index in [0.29, 0.717) is 5.56 Å². The normalized spacial score (nSPS) is 10.2. The molecule has 0 atom stereocenters. The number of nitro groups is 1. The number of benzene rings is 1. The van der Waals surface area contributed by atoms with Crippen LogP contribution in [-0.2, 0) is 6.54 Å². The second-order valence-electron chi connectivity index (χ2n) is 3.82. The number of aromatic amines is 1. The summed E-state index contributed by atoms with van der Waals surface area (Å²) in [6.07, 6.45) is 0. The molecule has 0 spiro atoms. The zero-order valence-electron chi connectivity index (χ0n) is 9.98. The number of amides is 1. The van der Waals surface area contributed by atoms with E-state index in [1.54, 1.807) is 19.2 Å². The maximum absolute atomic E-state index is 11.8. The number of rotatable bonds is 4. The molecule has 1 N–H and O–H groups in total. The van der Waals surface area contributed by atoms with Crippen molar-refractivity contribution in [3.8, 4) is 0 Å². The predicted molar refractivity (Wildman–Crippen MR) is 63.1 cm³/mol. The Labute approximate surface area is 107 Å². The second-order valence-corrected chi connectivity index (χ2v) is 3.82. The first-order valence-electron chi connectivity index (χ1n) is 5.30. The summed E-state index contributed by atoms with van der Waals surface area (Å²) < 4.78 is 0. The van der Waals surface area contributed by atoms with Crippen molar-refractivity contribution < 1.29 is 9.72 Å². The van der Waals surface area contributed by atoms with Crippen LogP contribution in [0.1, 0.15) is 16.2 Å². The van der Waals surface area contributed by atoms with Gasteiger partial charge in [0, 0.05) is 25.7 Å². The van der Waals surface area contributed by atoms with Crippen molar-refractivity contribution in [3.63, 3.8) is 0 Å². The van der Waals surface area contributed by atoms with Gasteiger partial charge in [0.1, 0.15) is 0 Å². The van der Waals surface area contributed by atoms with Gasteiger partial charge in [-0.1, -0.05) is 12.1 Å². The van der Waals surface area contributed by atoms with Crippen LogP contribution < -0.4 is 0 Å². The lowest BCUT2D eigenvalue weighted by Crippen LogP contribution is -2.27. The van der Waals surface area contributed by atoms with Gasteiger partial charge in [-0.2, -0.15) is 5.21 Å². The highest BCUT2D eigenvalue weighted by Gasteiger charge is 2.17. The SMILES string of the molecule is CN(Cc1cccc([N+](=O)[O-])c1)C(=O)c1nn[nH]n1.